The number of benzene rings is 1. The summed E-state index contributed by atoms with van der Waals surface area (Å²) >= 11 is 1.20. The smallest absolute Gasteiger partial charge is 0.313 e. The zero-order valence-electron chi connectivity index (χ0n) is 11.3. The van der Waals surface area contributed by atoms with Crippen molar-refractivity contribution >= 4 is 17.7 Å². The molecule has 106 valence electrons. The van der Waals surface area contributed by atoms with E-state index in [4.69, 9.17) is 5.11 Å². The van der Waals surface area contributed by atoms with Crippen molar-refractivity contribution in [3.05, 3.63) is 41.7 Å². The molecule has 1 N–H and O–H groups in total. The highest BCUT2D eigenvalue weighted by Crippen LogP contribution is 2.15. The summed E-state index contributed by atoms with van der Waals surface area (Å²) in [6.45, 7) is 0. The Kier molecular flexibility index (Phi) is 5.17. The number of carbonyl (C=O) groups is 1. The Morgan fingerprint density at radius 1 is 1.30 bits per heavy atom. The number of aromatic nitrogens is 3. The molecule has 0 bridgehead atoms. The van der Waals surface area contributed by atoms with Gasteiger partial charge in [-0.1, -0.05) is 42.1 Å². The number of thioether (sulfide) groups is 1. The van der Waals surface area contributed by atoms with Crippen LogP contribution >= 0.6 is 11.8 Å². The summed E-state index contributed by atoms with van der Waals surface area (Å²) in [6, 6.07) is 10.3. The van der Waals surface area contributed by atoms with Crippen LogP contribution in [0.4, 0.5) is 0 Å². The third kappa shape index (κ3) is 4.38. The molecule has 0 atom stereocenters. The molecule has 0 aliphatic carbocycles. The summed E-state index contributed by atoms with van der Waals surface area (Å²) in [5, 5.41) is 13.6. The standard InChI is InChI=1S/C14H17N3O2S/c1-17-14(20-10-13(18)19)15-12(16-17)9-5-8-11-6-3-2-4-7-11/h2-4,6-7H,5,8-10H2,1H3,(H,18,19). The lowest BCUT2D eigenvalue weighted by Crippen LogP contribution is -2.00. The first kappa shape index (κ1) is 14.6. The Morgan fingerprint density at radius 3 is 2.75 bits per heavy atom. The van der Waals surface area contributed by atoms with Crippen LogP contribution in [0.3, 0.4) is 0 Å². The Labute approximate surface area is 122 Å². The van der Waals surface area contributed by atoms with Gasteiger partial charge in [0.25, 0.3) is 0 Å². The Bertz CT molecular complexity index is 569. The van der Waals surface area contributed by atoms with Crippen LogP contribution in [-0.2, 0) is 24.7 Å². The van der Waals surface area contributed by atoms with Gasteiger partial charge < -0.3 is 5.11 Å². The van der Waals surface area contributed by atoms with Gasteiger partial charge >= 0.3 is 5.97 Å². The van der Waals surface area contributed by atoms with E-state index in [0.29, 0.717) is 5.16 Å². The van der Waals surface area contributed by atoms with E-state index in [-0.39, 0.29) is 5.75 Å². The van der Waals surface area contributed by atoms with Crippen LogP contribution in [0, 0.1) is 0 Å². The van der Waals surface area contributed by atoms with Crippen LogP contribution in [0.15, 0.2) is 35.5 Å². The minimum absolute atomic E-state index is 0.00991. The Hall–Kier alpha value is -1.82. The average molecular weight is 291 g/mol. The van der Waals surface area contributed by atoms with Gasteiger partial charge in [-0.25, -0.2) is 9.67 Å². The second kappa shape index (κ2) is 7.09. The Balaban J connectivity index is 1.84. The number of carboxylic acid groups (broad SMARTS) is 1. The normalized spacial score (nSPS) is 10.7. The lowest BCUT2D eigenvalue weighted by Gasteiger charge is -1.98. The molecule has 2 rings (SSSR count). The molecule has 0 spiro atoms. The molecule has 5 nitrogen and oxygen atoms in total. The molecule has 6 heteroatoms. The van der Waals surface area contributed by atoms with Gasteiger partial charge in [-0.05, 0) is 18.4 Å². The zero-order chi connectivity index (χ0) is 14.4. The highest BCUT2D eigenvalue weighted by Gasteiger charge is 2.09. The second-order valence-electron chi connectivity index (χ2n) is 4.46. The molecule has 0 saturated carbocycles. The number of nitrogens with zero attached hydrogens (tertiary/aromatic N) is 3. The minimum atomic E-state index is -0.844. The Morgan fingerprint density at radius 2 is 2.05 bits per heavy atom. The van der Waals surface area contributed by atoms with Gasteiger partial charge in [0.2, 0.25) is 0 Å². The molecule has 0 saturated heterocycles. The first-order chi connectivity index (χ1) is 9.65. The topological polar surface area (TPSA) is 68.0 Å². The average Bonchev–Trinajstić information content (AvgIpc) is 2.78. The van der Waals surface area contributed by atoms with Crippen LogP contribution in [0.2, 0.25) is 0 Å². The molecular weight excluding hydrogens is 274 g/mol. The van der Waals surface area contributed by atoms with Gasteiger partial charge in [0.05, 0.1) is 5.75 Å². The lowest BCUT2D eigenvalue weighted by molar-refractivity contribution is -0.133. The van der Waals surface area contributed by atoms with Gasteiger partial charge in [0, 0.05) is 13.5 Å². The summed E-state index contributed by atoms with van der Waals surface area (Å²) in [5.74, 6) is -0.0596. The summed E-state index contributed by atoms with van der Waals surface area (Å²) in [4.78, 5) is 14.9. The van der Waals surface area contributed by atoms with Gasteiger partial charge in [-0.2, -0.15) is 5.10 Å². The van der Waals surface area contributed by atoms with Gasteiger partial charge in [-0.15, -0.1) is 0 Å². The predicted molar refractivity (Wildman–Crippen MR) is 77.8 cm³/mol. The summed E-state index contributed by atoms with van der Waals surface area (Å²) < 4.78 is 1.64. The van der Waals surface area contributed by atoms with Gasteiger partial charge in [-0.3, -0.25) is 4.79 Å². The molecule has 0 radical (unpaired) electrons. The number of aliphatic carboxylic acids is 1. The number of aryl methyl sites for hydroxylation is 3. The molecule has 1 aromatic heterocycles. The summed E-state index contributed by atoms with van der Waals surface area (Å²) in [7, 11) is 1.79. The number of hydrogen-bond donors (Lipinski definition) is 1. The number of rotatable bonds is 7. The molecule has 20 heavy (non-hydrogen) atoms. The van der Waals surface area contributed by atoms with Gasteiger partial charge in [0.15, 0.2) is 11.0 Å². The van der Waals surface area contributed by atoms with E-state index in [9.17, 15) is 4.79 Å². The van der Waals surface area contributed by atoms with Crippen molar-refractivity contribution in [2.24, 2.45) is 7.05 Å². The maximum absolute atomic E-state index is 10.5. The van der Waals surface area contributed by atoms with Crippen molar-refractivity contribution < 1.29 is 9.90 Å². The molecule has 2 aromatic rings. The van der Waals surface area contributed by atoms with E-state index in [1.54, 1.807) is 11.7 Å². The highest BCUT2D eigenvalue weighted by atomic mass is 32.2. The van der Waals surface area contributed by atoms with E-state index < -0.39 is 5.97 Å². The molecule has 0 unspecified atom stereocenters. The van der Waals surface area contributed by atoms with E-state index in [1.165, 1.54) is 17.3 Å². The van der Waals surface area contributed by atoms with Crippen LogP contribution in [0.5, 0.6) is 0 Å². The van der Waals surface area contributed by atoms with Crippen molar-refractivity contribution in [3.63, 3.8) is 0 Å². The lowest BCUT2D eigenvalue weighted by atomic mass is 10.1. The first-order valence-corrected chi connectivity index (χ1v) is 7.42. The molecule has 0 amide bonds. The van der Waals surface area contributed by atoms with Crippen molar-refractivity contribution in [2.45, 2.75) is 24.4 Å². The van der Waals surface area contributed by atoms with E-state index in [2.05, 4.69) is 22.2 Å². The molecule has 1 heterocycles. The fourth-order valence-corrected chi connectivity index (χ4v) is 2.52. The van der Waals surface area contributed by atoms with E-state index >= 15 is 0 Å². The van der Waals surface area contributed by atoms with Gasteiger partial charge in [0.1, 0.15) is 0 Å². The fourth-order valence-electron chi connectivity index (χ4n) is 1.87. The van der Waals surface area contributed by atoms with E-state index in [0.717, 1.165) is 25.1 Å². The predicted octanol–water partition coefficient (Wildman–Crippen LogP) is 2.17. The van der Waals surface area contributed by atoms with Crippen molar-refractivity contribution in [1.82, 2.24) is 14.8 Å². The molecule has 0 aliphatic heterocycles. The maximum atomic E-state index is 10.5. The monoisotopic (exact) mass is 291 g/mol. The third-order valence-corrected chi connectivity index (χ3v) is 3.81. The summed E-state index contributed by atoms with van der Waals surface area (Å²) in [5.41, 5.74) is 1.31. The quantitative estimate of drug-likeness (QED) is 0.792. The first-order valence-electron chi connectivity index (χ1n) is 6.43. The highest BCUT2D eigenvalue weighted by molar-refractivity contribution is 7.99. The largest absolute Gasteiger partial charge is 0.481 e. The van der Waals surface area contributed by atoms with Crippen molar-refractivity contribution in [2.75, 3.05) is 5.75 Å². The zero-order valence-corrected chi connectivity index (χ0v) is 12.1. The third-order valence-electron chi connectivity index (χ3n) is 2.80. The minimum Gasteiger partial charge on any atom is -0.481 e. The van der Waals surface area contributed by atoms with Crippen molar-refractivity contribution in [1.29, 1.82) is 0 Å². The maximum Gasteiger partial charge on any atom is 0.313 e. The second-order valence-corrected chi connectivity index (χ2v) is 5.40. The summed E-state index contributed by atoms with van der Waals surface area (Å²) in [6.07, 6.45) is 2.78. The molecule has 0 aliphatic rings. The van der Waals surface area contributed by atoms with Crippen LogP contribution in [0.1, 0.15) is 17.8 Å². The number of carboxylic acids is 1. The molecule has 1 aromatic carbocycles. The van der Waals surface area contributed by atoms with E-state index in [1.807, 2.05) is 18.2 Å². The number of hydrogen-bond acceptors (Lipinski definition) is 4. The van der Waals surface area contributed by atoms with Crippen LogP contribution in [-0.4, -0.2) is 31.6 Å². The van der Waals surface area contributed by atoms with Crippen molar-refractivity contribution in [3.8, 4) is 0 Å². The van der Waals surface area contributed by atoms with Crippen LogP contribution < -0.4 is 0 Å². The molecular formula is C14H17N3O2S. The fraction of sp³-hybridized carbons (Fsp3) is 0.357. The SMILES string of the molecule is Cn1nc(CCCc2ccccc2)nc1SCC(=O)O. The van der Waals surface area contributed by atoms with Crippen LogP contribution in [0.25, 0.3) is 0 Å². The molecule has 0 fully saturated rings.